The fourth-order valence-corrected chi connectivity index (χ4v) is 4.54. The summed E-state index contributed by atoms with van der Waals surface area (Å²) in [6.07, 6.45) is 1.73. The van der Waals surface area contributed by atoms with Gasteiger partial charge in [0, 0.05) is 20.9 Å². The van der Waals surface area contributed by atoms with Gasteiger partial charge in [-0.3, -0.25) is 0 Å². The lowest BCUT2D eigenvalue weighted by atomic mass is 9.85. The molecule has 3 heteroatoms. The maximum Gasteiger partial charge on any atom is 0.119 e. The molecule has 2 rings (SSSR count). The predicted molar refractivity (Wildman–Crippen MR) is 116 cm³/mol. The van der Waals surface area contributed by atoms with E-state index >= 15 is 0 Å². The van der Waals surface area contributed by atoms with Crippen LogP contribution in [-0.2, 0) is 23.7 Å². The molecule has 0 aliphatic heterocycles. The van der Waals surface area contributed by atoms with Gasteiger partial charge in [0.25, 0.3) is 0 Å². The van der Waals surface area contributed by atoms with Gasteiger partial charge >= 0.3 is 0 Å². The van der Waals surface area contributed by atoms with Crippen molar-refractivity contribution in [1.29, 1.82) is 0 Å². The van der Waals surface area contributed by atoms with Gasteiger partial charge in [-0.2, -0.15) is 0 Å². The van der Waals surface area contributed by atoms with Crippen molar-refractivity contribution in [1.82, 2.24) is 0 Å². The van der Waals surface area contributed by atoms with E-state index in [4.69, 9.17) is 0 Å². The van der Waals surface area contributed by atoms with E-state index in [1.54, 1.807) is 11.8 Å². The van der Waals surface area contributed by atoms with Crippen molar-refractivity contribution in [2.75, 3.05) is 0 Å². The summed E-state index contributed by atoms with van der Waals surface area (Å²) in [6.45, 7) is 17.0. The molecule has 2 N–H and O–H groups in total. The largest absolute Gasteiger partial charge is 0.508 e. The van der Waals surface area contributed by atoms with Crippen LogP contribution in [-0.4, -0.2) is 10.2 Å². The highest BCUT2D eigenvalue weighted by Gasteiger charge is 2.23. The first-order chi connectivity index (χ1) is 12.4. The molecule has 0 saturated heterocycles. The molecule has 2 nitrogen and oxygen atoms in total. The first-order valence-electron chi connectivity index (χ1n) is 9.79. The van der Waals surface area contributed by atoms with Gasteiger partial charge in [-0.25, -0.2) is 0 Å². The zero-order chi connectivity index (χ0) is 20.6. The molecule has 0 aliphatic rings. The third-order valence-electron chi connectivity index (χ3n) is 4.96. The van der Waals surface area contributed by atoms with E-state index in [-0.39, 0.29) is 10.8 Å². The summed E-state index contributed by atoms with van der Waals surface area (Å²) in [6, 6.07) is 8.11. The van der Waals surface area contributed by atoms with E-state index < -0.39 is 0 Å². The molecule has 0 fully saturated rings. The Hall–Kier alpha value is -1.61. The summed E-state index contributed by atoms with van der Waals surface area (Å²) in [5.41, 5.74) is 4.00. The zero-order valence-corrected chi connectivity index (χ0v) is 18.8. The minimum absolute atomic E-state index is 0.120. The summed E-state index contributed by atoms with van der Waals surface area (Å²) in [7, 11) is 0. The van der Waals surface area contributed by atoms with Crippen LogP contribution in [0.15, 0.2) is 34.1 Å². The molecule has 27 heavy (non-hydrogen) atoms. The van der Waals surface area contributed by atoms with E-state index in [0.29, 0.717) is 11.5 Å². The van der Waals surface area contributed by atoms with Crippen LogP contribution in [0.4, 0.5) is 0 Å². The van der Waals surface area contributed by atoms with E-state index in [2.05, 4.69) is 67.5 Å². The zero-order valence-electron chi connectivity index (χ0n) is 18.0. The van der Waals surface area contributed by atoms with Crippen molar-refractivity contribution in [3.63, 3.8) is 0 Å². The number of hydrogen-bond donors (Lipinski definition) is 2. The molecular weight excluding hydrogens is 352 g/mol. The lowest BCUT2D eigenvalue weighted by Crippen LogP contribution is -2.12. The van der Waals surface area contributed by atoms with Crippen LogP contribution >= 0.6 is 11.8 Å². The van der Waals surface area contributed by atoms with Gasteiger partial charge < -0.3 is 10.2 Å². The standard InChI is InChI=1S/C24H34O2S/c1-9-15-11-19(25)17(23(3,4)5)13-21(15)27-22-14-18(24(6,7)8)20(26)12-16(22)10-2/h11-14,25-26H,9-10H2,1-8H3. The van der Waals surface area contributed by atoms with Gasteiger partial charge in [0.05, 0.1) is 0 Å². The van der Waals surface area contributed by atoms with Gasteiger partial charge in [0.15, 0.2) is 0 Å². The fraction of sp³-hybridized carbons (Fsp3) is 0.500. The number of hydrogen-bond acceptors (Lipinski definition) is 3. The van der Waals surface area contributed by atoms with Gasteiger partial charge in [-0.15, -0.1) is 0 Å². The average molecular weight is 387 g/mol. The normalized spacial score (nSPS) is 12.4. The Balaban J connectivity index is 2.62. The monoisotopic (exact) mass is 386 g/mol. The second kappa shape index (κ2) is 7.79. The molecule has 0 heterocycles. The molecule has 0 aliphatic carbocycles. The molecule has 0 unspecified atom stereocenters. The van der Waals surface area contributed by atoms with Crippen LogP contribution in [0.2, 0.25) is 0 Å². The summed E-state index contributed by atoms with van der Waals surface area (Å²) in [5, 5.41) is 21.0. The van der Waals surface area contributed by atoms with Crippen LogP contribution in [0, 0.1) is 0 Å². The summed E-state index contributed by atoms with van der Waals surface area (Å²) in [5.74, 6) is 0.751. The molecule has 2 aromatic carbocycles. The van der Waals surface area contributed by atoms with Gasteiger partial charge in [0.1, 0.15) is 11.5 Å². The molecule has 0 spiro atoms. The molecule has 2 aromatic rings. The first kappa shape index (κ1) is 21.7. The van der Waals surface area contributed by atoms with Crippen molar-refractivity contribution in [3.05, 3.63) is 46.5 Å². The van der Waals surface area contributed by atoms with Crippen molar-refractivity contribution in [3.8, 4) is 11.5 Å². The van der Waals surface area contributed by atoms with Gasteiger partial charge in [-0.1, -0.05) is 67.2 Å². The van der Waals surface area contributed by atoms with E-state index in [1.807, 2.05) is 12.1 Å². The second-order valence-corrected chi connectivity index (χ2v) is 10.3. The SMILES string of the molecule is CCc1cc(O)c(C(C)(C)C)cc1Sc1cc(C(C)(C)C)c(O)cc1CC. The minimum atomic E-state index is -0.120. The Morgan fingerprint density at radius 3 is 1.26 bits per heavy atom. The number of aryl methyl sites for hydroxylation is 2. The lowest BCUT2D eigenvalue weighted by Gasteiger charge is -2.24. The summed E-state index contributed by atoms with van der Waals surface area (Å²) in [4.78, 5) is 2.36. The molecule has 148 valence electrons. The molecule has 0 radical (unpaired) electrons. The molecule has 0 amide bonds. The Kier molecular flexibility index (Phi) is 6.26. The lowest BCUT2D eigenvalue weighted by molar-refractivity contribution is 0.444. The van der Waals surface area contributed by atoms with Crippen LogP contribution in [0.1, 0.15) is 77.6 Å². The smallest absolute Gasteiger partial charge is 0.119 e. The van der Waals surface area contributed by atoms with Crippen LogP contribution in [0.5, 0.6) is 11.5 Å². The Labute approximate surface area is 169 Å². The van der Waals surface area contributed by atoms with Crippen LogP contribution < -0.4 is 0 Å². The number of rotatable bonds is 4. The van der Waals surface area contributed by atoms with Crippen LogP contribution in [0.25, 0.3) is 0 Å². The highest BCUT2D eigenvalue weighted by Crippen LogP contribution is 2.43. The minimum Gasteiger partial charge on any atom is -0.508 e. The van der Waals surface area contributed by atoms with Crippen molar-refractivity contribution in [2.24, 2.45) is 0 Å². The van der Waals surface area contributed by atoms with Crippen molar-refractivity contribution in [2.45, 2.75) is 88.9 Å². The van der Waals surface area contributed by atoms with E-state index in [0.717, 1.165) is 35.1 Å². The molecular formula is C24H34O2S. The summed E-state index contributed by atoms with van der Waals surface area (Å²) >= 11 is 1.75. The van der Waals surface area contributed by atoms with Crippen molar-refractivity contribution < 1.29 is 10.2 Å². The molecule has 0 aromatic heterocycles. The quantitative estimate of drug-likeness (QED) is 0.596. The predicted octanol–water partition coefficient (Wildman–Crippen LogP) is 6.97. The fourth-order valence-electron chi connectivity index (χ4n) is 3.29. The number of benzene rings is 2. The maximum absolute atomic E-state index is 10.5. The summed E-state index contributed by atoms with van der Waals surface area (Å²) < 4.78 is 0. The van der Waals surface area contributed by atoms with E-state index in [1.165, 1.54) is 9.79 Å². The Morgan fingerprint density at radius 2 is 1.00 bits per heavy atom. The topological polar surface area (TPSA) is 40.5 Å². The molecule has 0 atom stereocenters. The Morgan fingerprint density at radius 1 is 0.667 bits per heavy atom. The first-order valence-corrected chi connectivity index (χ1v) is 10.6. The molecule has 0 saturated carbocycles. The Bertz CT molecular complexity index is 754. The van der Waals surface area contributed by atoms with Crippen molar-refractivity contribution >= 4 is 11.8 Å². The third kappa shape index (κ3) is 4.82. The highest BCUT2D eigenvalue weighted by molar-refractivity contribution is 7.99. The number of phenolic OH excluding ortho intramolecular Hbond substituents is 2. The van der Waals surface area contributed by atoms with E-state index in [9.17, 15) is 10.2 Å². The molecule has 0 bridgehead atoms. The maximum atomic E-state index is 10.5. The number of phenols is 2. The third-order valence-corrected chi connectivity index (χ3v) is 6.16. The van der Waals surface area contributed by atoms with Gasteiger partial charge in [-0.05, 0) is 59.1 Å². The second-order valence-electron chi connectivity index (χ2n) is 9.26. The van der Waals surface area contributed by atoms with Crippen LogP contribution in [0.3, 0.4) is 0 Å². The average Bonchev–Trinajstić information content (AvgIpc) is 2.54. The number of aromatic hydroxyl groups is 2. The highest BCUT2D eigenvalue weighted by atomic mass is 32.2. The van der Waals surface area contributed by atoms with Gasteiger partial charge in [0.2, 0.25) is 0 Å².